The highest BCUT2D eigenvalue weighted by Crippen LogP contribution is 2.37. The van der Waals surface area contributed by atoms with Gasteiger partial charge in [-0.1, -0.05) is 17.7 Å². The Morgan fingerprint density at radius 1 is 1.14 bits per heavy atom. The van der Waals surface area contributed by atoms with E-state index in [0.717, 1.165) is 0 Å². The molecule has 0 saturated carbocycles. The minimum atomic E-state index is -1.14. The standard InChI is InChI=1S/C20H19ClN2O5/c1-20(13-3-8-16-17(11-13)28-12-27-16)18(24)23(19(25)22-20)9-2-10-26-15-6-4-14(21)5-7-15/h3-8,11H,2,9-10,12H2,1H3,(H,22,25)/t20-/m1/s1. The number of hydrogen-bond acceptors (Lipinski definition) is 5. The lowest BCUT2D eigenvalue weighted by Gasteiger charge is -2.22. The van der Waals surface area contributed by atoms with Crippen LogP contribution in [0.3, 0.4) is 0 Å². The number of benzene rings is 2. The lowest BCUT2D eigenvalue weighted by Crippen LogP contribution is -2.41. The summed E-state index contributed by atoms with van der Waals surface area (Å²) in [5, 5.41) is 3.42. The van der Waals surface area contributed by atoms with Gasteiger partial charge in [0, 0.05) is 11.6 Å². The van der Waals surface area contributed by atoms with Crippen LogP contribution < -0.4 is 19.5 Å². The fourth-order valence-electron chi connectivity index (χ4n) is 3.25. The van der Waals surface area contributed by atoms with Crippen LogP contribution in [0.5, 0.6) is 17.2 Å². The Hall–Kier alpha value is -2.93. The summed E-state index contributed by atoms with van der Waals surface area (Å²) < 4.78 is 16.3. The molecule has 0 radical (unpaired) electrons. The smallest absolute Gasteiger partial charge is 0.325 e. The molecule has 8 heteroatoms. The largest absolute Gasteiger partial charge is 0.494 e. The normalized spacial score (nSPS) is 20.4. The first-order valence-electron chi connectivity index (χ1n) is 8.90. The van der Waals surface area contributed by atoms with Crippen LogP contribution in [0, 0.1) is 0 Å². The molecule has 1 atom stereocenters. The van der Waals surface area contributed by atoms with Crippen molar-refractivity contribution in [3.63, 3.8) is 0 Å². The number of imide groups is 1. The van der Waals surface area contributed by atoms with E-state index in [1.165, 1.54) is 4.90 Å². The van der Waals surface area contributed by atoms with Crippen LogP contribution >= 0.6 is 11.6 Å². The molecule has 0 unspecified atom stereocenters. The zero-order valence-corrected chi connectivity index (χ0v) is 16.0. The van der Waals surface area contributed by atoms with Gasteiger partial charge in [-0.15, -0.1) is 0 Å². The first-order valence-corrected chi connectivity index (χ1v) is 9.28. The number of rotatable bonds is 6. The first-order chi connectivity index (χ1) is 13.5. The Balaban J connectivity index is 1.38. The van der Waals surface area contributed by atoms with E-state index in [9.17, 15) is 9.59 Å². The van der Waals surface area contributed by atoms with Crippen molar-refractivity contribution in [2.75, 3.05) is 19.9 Å². The number of halogens is 1. The molecule has 3 amide bonds. The van der Waals surface area contributed by atoms with Crippen molar-refractivity contribution in [2.24, 2.45) is 0 Å². The highest BCUT2D eigenvalue weighted by atomic mass is 35.5. The molecule has 2 aromatic rings. The van der Waals surface area contributed by atoms with Crippen LogP contribution in [0.15, 0.2) is 42.5 Å². The van der Waals surface area contributed by atoms with E-state index in [-0.39, 0.29) is 19.2 Å². The second kappa shape index (κ2) is 7.24. The van der Waals surface area contributed by atoms with E-state index < -0.39 is 11.6 Å². The minimum Gasteiger partial charge on any atom is -0.494 e. The average molecular weight is 403 g/mol. The molecule has 1 saturated heterocycles. The Morgan fingerprint density at radius 3 is 2.68 bits per heavy atom. The first kappa shape index (κ1) is 18.4. The molecule has 1 N–H and O–H groups in total. The van der Waals surface area contributed by atoms with Crippen LogP contribution in [0.4, 0.5) is 4.79 Å². The maximum absolute atomic E-state index is 13.0. The van der Waals surface area contributed by atoms with Gasteiger partial charge in [0.15, 0.2) is 11.5 Å². The van der Waals surface area contributed by atoms with Gasteiger partial charge in [-0.05, 0) is 55.3 Å². The fraction of sp³-hybridized carbons (Fsp3) is 0.300. The van der Waals surface area contributed by atoms with E-state index in [1.54, 1.807) is 49.4 Å². The van der Waals surface area contributed by atoms with Crippen molar-refractivity contribution in [3.8, 4) is 17.2 Å². The molecule has 2 aliphatic rings. The molecule has 4 rings (SSSR count). The van der Waals surface area contributed by atoms with E-state index in [1.807, 2.05) is 0 Å². The van der Waals surface area contributed by atoms with Crippen LogP contribution in [-0.4, -0.2) is 36.8 Å². The van der Waals surface area contributed by atoms with Crippen LogP contribution in [-0.2, 0) is 10.3 Å². The van der Waals surface area contributed by atoms with E-state index in [2.05, 4.69) is 5.32 Å². The molecule has 0 aliphatic carbocycles. The summed E-state index contributed by atoms with van der Waals surface area (Å²) in [6.07, 6.45) is 0.513. The molecular formula is C20H19ClN2O5. The van der Waals surface area contributed by atoms with E-state index >= 15 is 0 Å². The van der Waals surface area contributed by atoms with Gasteiger partial charge in [0.05, 0.1) is 6.61 Å². The highest BCUT2D eigenvalue weighted by Gasteiger charge is 2.49. The van der Waals surface area contributed by atoms with Gasteiger partial charge in [0.1, 0.15) is 11.3 Å². The van der Waals surface area contributed by atoms with Crippen molar-refractivity contribution in [1.82, 2.24) is 10.2 Å². The van der Waals surface area contributed by atoms with Crippen molar-refractivity contribution in [1.29, 1.82) is 0 Å². The molecule has 2 aromatic carbocycles. The third-order valence-corrected chi connectivity index (χ3v) is 5.09. The van der Waals surface area contributed by atoms with E-state index in [4.69, 9.17) is 25.8 Å². The zero-order chi connectivity index (χ0) is 19.7. The van der Waals surface area contributed by atoms with Gasteiger partial charge in [-0.25, -0.2) is 4.79 Å². The molecule has 28 heavy (non-hydrogen) atoms. The monoisotopic (exact) mass is 402 g/mol. The summed E-state index contributed by atoms with van der Waals surface area (Å²) in [4.78, 5) is 26.6. The van der Waals surface area contributed by atoms with Crippen LogP contribution in [0.25, 0.3) is 0 Å². The lowest BCUT2D eigenvalue weighted by molar-refractivity contribution is -0.131. The molecule has 0 bridgehead atoms. The molecule has 2 heterocycles. The van der Waals surface area contributed by atoms with Crippen molar-refractivity contribution in [2.45, 2.75) is 18.9 Å². The Kier molecular flexibility index (Phi) is 4.77. The third-order valence-electron chi connectivity index (χ3n) is 4.83. The second-order valence-corrected chi connectivity index (χ2v) is 7.17. The van der Waals surface area contributed by atoms with Crippen molar-refractivity contribution < 1.29 is 23.8 Å². The number of ether oxygens (including phenoxy) is 3. The summed E-state index contributed by atoms with van der Waals surface area (Å²) in [7, 11) is 0. The summed E-state index contributed by atoms with van der Waals surface area (Å²) >= 11 is 5.84. The predicted molar refractivity (Wildman–Crippen MR) is 102 cm³/mol. The minimum absolute atomic E-state index is 0.148. The van der Waals surface area contributed by atoms with Crippen molar-refractivity contribution in [3.05, 3.63) is 53.1 Å². The summed E-state index contributed by atoms with van der Waals surface area (Å²) in [6, 6.07) is 11.8. The van der Waals surface area contributed by atoms with Crippen LogP contribution in [0.1, 0.15) is 18.9 Å². The fourth-order valence-corrected chi connectivity index (χ4v) is 3.37. The van der Waals surface area contributed by atoms with Gasteiger partial charge >= 0.3 is 6.03 Å². The molecule has 0 aromatic heterocycles. The number of hydrogen-bond donors (Lipinski definition) is 1. The lowest BCUT2D eigenvalue weighted by atomic mass is 9.91. The number of nitrogens with one attached hydrogen (secondary N) is 1. The number of carbonyl (C=O) groups is 2. The molecule has 0 spiro atoms. The zero-order valence-electron chi connectivity index (χ0n) is 15.2. The summed E-state index contributed by atoms with van der Waals surface area (Å²) in [5.41, 5.74) is -0.496. The van der Waals surface area contributed by atoms with Crippen LogP contribution in [0.2, 0.25) is 5.02 Å². The van der Waals surface area contributed by atoms with E-state index in [0.29, 0.717) is 40.9 Å². The summed E-state index contributed by atoms with van der Waals surface area (Å²) in [6.45, 7) is 2.47. The molecule has 146 valence electrons. The van der Waals surface area contributed by atoms with Gasteiger partial charge < -0.3 is 19.5 Å². The molecule has 1 fully saturated rings. The molecule has 7 nitrogen and oxygen atoms in total. The number of amides is 3. The number of urea groups is 1. The van der Waals surface area contributed by atoms with Gasteiger partial charge in [0.25, 0.3) is 5.91 Å². The second-order valence-electron chi connectivity index (χ2n) is 6.74. The Morgan fingerprint density at radius 2 is 1.89 bits per heavy atom. The predicted octanol–water partition coefficient (Wildman–Crippen LogP) is 3.30. The summed E-state index contributed by atoms with van der Waals surface area (Å²) in [5.74, 6) is 1.57. The maximum atomic E-state index is 13.0. The number of fused-ring (bicyclic) bond motifs is 1. The molecule has 2 aliphatic heterocycles. The molecular weight excluding hydrogens is 384 g/mol. The van der Waals surface area contributed by atoms with Gasteiger partial charge in [-0.2, -0.15) is 0 Å². The number of carbonyl (C=O) groups excluding carboxylic acids is 2. The average Bonchev–Trinajstić information content (AvgIpc) is 3.24. The highest BCUT2D eigenvalue weighted by molar-refractivity contribution is 6.30. The van der Waals surface area contributed by atoms with Gasteiger partial charge in [0.2, 0.25) is 6.79 Å². The SMILES string of the molecule is C[C@]1(c2ccc3c(c2)OCO3)NC(=O)N(CCCOc2ccc(Cl)cc2)C1=O. The number of nitrogens with zero attached hydrogens (tertiary/aromatic N) is 1. The third kappa shape index (κ3) is 3.33. The Bertz CT molecular complexity index is 917. The van der Waals surface area contributed by atoms with Crippen molar-refractivity contribution >= 4 is 23.5 Å². The Labute approximate surface area is 167 Å². The maximum Gasteiger partial charge on any atom is 0.325 e. The topological polar surface area (TPSA) is 77.1 Å². The van der Waals surface area contributed by atoms with Gasteiger partial charge in [-0.3, -0.25) is 9.69 Å². The quantitative estimate of drug-likeness (QED) is 0.592.